The van der Waals surface area contributed by atoms with E-state index in [9.17, 15) is 0 Å². The number of hydrogen-bond acceptors (Lipinski definition) is 9. The molecular formula is C22H33N9O. The molecule has 3 aromatic rings. The molecule has 0 aromatic carbocycles. The fourth-order valence-corrected chi connectivity index (χ4v) is 3.95. The molecule has 172 valence electrons. The van der Waals surface area contributed by atoms with Crippen molar-refractivity contribution in [2.24, 2.45) is 5.92 Å². The molecule has 0 spiro atoms. The first-order chi connectivity index (χ1) is 15.6. The molecule has 10 nitrogen and oxygen atoms in total. The second-order valence-corrected chi connectivity index (χ2v) is 8.26. The van der Waals surface area contributed by atoms with E-state index in [1.54, 1.807) is 6.20 Å². The SMILES string of the molecule is CCOCCn1nc(CC)c2nc(N3CCN[C@H](C(C)C)C3)nc(Nc3ccncn3)c21. The van der Waals surface area contributed by atoms with Gasteiger partial charge in [-0.25, -0.2) is 15.0 Å². The predicted molar refractivity (Wildman–Crippen MR) is 125 cm³/mol. The van der Waals surface area contributed by atoms with E-state index in [2.05, 4.69) is 46.3 Å². The molecule has 4 heterocycles. The second-order valence-electron chi connectivity index (χ2n) is 8.26. The monoisotopic (exact) mass is 439 g/mol. The summed E-state index contributed by atoms with van der Waals surface area (Å²) in [6, 6.07) is 2.23. The van der Waals surface area contributed by atoms with E-state index in [4.69, 9.17) is 19.8 Å². The van der Waals surface area contributed by atoms with Crippen LogP contribution in [0.1, 0.15) is 33.4 Å². The molecule has 10 heteroatoms. The highest BCUT2D eigenvalue weighted by molar-refractivity contribution is 5.90. The van der Waals surface area contributed by atoms with Crippen molar-refractivity contribution in [3.63, 3.8) is 0 Å². The van der Waals surface area contributed by atoms with Crippen molar-refractivity contribution >= 4 is 28.6 Å². The van der Waals surface area contributed by atoms with E-state index in [0.29, 0.717) is 43.4 Å². The molecule has 0 aliphatic carbocycles. The Bertz CT molecular complexity index is 1020. The van der Waals surface area contributed by atoms with Gasteiger partial charge < -0.3 is 20.3 Å². The summed E-state index contributed by atoms with van der Waals surface area (Å²) >= 11 is 0. The van der Waals surface area contributed by atoms with E-state index in [0.717, 1.165) is 48.7 Å². The number of nitrogens with one attached hydrogen (secondary N) is 2. The molecule has 2 N–H and O–H groups in total. The molecule has 1 fully saturated rings. The molecule has 0 radical (unpaired) electrons. The molecule has 0 unspecified atom stereocenters. The number of anilines is 3. The van der Waals surface area contributed by atoms with Crippen molar-refractivity contribution in [1.29, 1.82) is 0 Å². The maximum Gasteiger partial charge on any atom is 0.228 e. The van der Waals surface area contributed by atoms with Gasteiger partial charge in [0.05, 0.1) is 18.8 Å². The van der Waals surface area contributed by atoms with Crippen LogP contribution in [-0.4, -0.2) is 68.6 Å². The number of hydrogen-bond donors (Lipinski definition) is 2. The van der Waals surface area contributed by atoms with Gasteiger partial charge in [-0.2, -0.15) is 10.1 Å². The van der Waals surface area contributed by atoms with Crippen LogP contribution in [0.25, 0.3) is 11.0 Å². The van der Waals surface area contributed by atoms with E-state index >= 15 is 0 Å². The first kappa shape index (κ1) is 22.3. The zero-order valence-electron chi connectivity index (χ0n) is 19.4. The van der Waals surface area contributed by atoms with Crippen LogP contribution in [0.3, 0.4) is 0 Å². The summed E-state index contributed by atoms with van der Waals surface area (Å²) in [5.41, 5.74) is 2.71. The van der Waals surface area contributed by atoms with Crippen molar-refractivity contribution in [1.82, 2.24) is 35.0 Å². The average Bonchev–Trinajstić information content (AvgIpc) is 3.18. The quantitative estimate of drug-likeness (QED) is 0.486. The van der Waals surface area contributed by atoms with E-state index < -0.39 is 0 Å². The Morgan fingerprint density at radius 1 is 1.28 bits per heavy atom. The molecular weight excluding hydrogens is 406 g/mol. The fourth-order valence-electron chi connectivity index (χ4n) is 3.95. The third-order valence-electron chi connectivity index (χ3n) is 5.75. The Morgan fingerprint density at radius 3 is 2.88 bits per heavy atom. The van der Waals surface area contributed by atoms with Crippen molar-refractivity contribution in [2.75, 3.05) is 43.1 Å². The second kappa shape index (κ2) is 10.2. The Hall–Kier alpha value is -2.85. The number of piperazine rings is 1. The topological polar surface area (TPSA) is 106 Å². The van der Waals surface area contributed by atoms with Crippen LogP contribution >= 0.6 is 0 Å². The predicted octanol–water partition coefficient (Wildman–Crippen LogP) is 2.39. The maximum atomic E-state index is 5.58. The van der Waals surface area contributed by atoms with Gasteiger partial charge in [0.2, 0.25) is 5.95 Å². The lowest BCUT2D eigenvalue weighted by molar-refractivity contribution is 0.137. The molecule has 0 bridgehead atoms. The molecule has 1 atom stereocenters. The van der Waals surface area contributed by atoms with E-state index in [1.165, 1.54) is 6.33 Å². The molecule has 0 amide bonds. The lowest BCUT2D eigenvalue weighted by Crippen LogP contribution is -2.53. The lowest BCUT2D eigenvalue weighted by Gasteiger charge is -2.35. The summed E-state index contributed by atoms with van der Waals surface area (Å²) in [4.78, 5) is 20.6. The standard InChI is InChI=1S/C22H33N9O/c1-5-16-19-20(31(29-16)11-12-32-6-2)21(26-18-7-8-23-14-25-18)28-22(27-19)30-10-9-24-17(13-30)15(3)4/h7-8,14-15,17,24H,5-6,9-13H2,1-4H3,(H,23,25,26,27,28)/t17-/m0/s1. The molecule has 4 rings (SSSR count). The number of nitrogens with zero attached hydrogens (tertiary/aromatic N) is 7. The Balaban J connectivity index is 1.78. The molecule has 0 saturated carbocycles. The highest BCUT2D eigenvalue weighted by Gasteiger charge is 2.26. The minimum atomic E-state index is 0.404. The molecule has 1 aliphatic rings. The Kier molecular flexibility index (Phi) is 7.11. The number of ether oxygens (including phenoxy) is 1. The summed E-state index contributed by atoms with van der Waals surface area (Å²) in [6.45, 7) is 13.1. The number of rotatable bonds is 9. The van der Waals surface area contributed by atoms with Gasteiger partial charge in [0, 0.05) is 38.5 Å². The van der Waals surface area contributed by atoms with Crippen LogP contribution in [0.15, 0.2) is 18.6 Å². The zero-order chi connectivity index (χ0) is 22.5. The van der Waals surface area contributed by atoms with Gasteiger partial charge in [-0.3, -0.25) is 4.68 Å². The first-order valence-electron chi connectivity index (χ1n) is 11.5. The average molecular weight is 440 g/mol. The molecule has 1 aliphatic heterocycles. The summed E-state index contributed by atoms with van der Waals surface area (Å²) in [6.07, 6.45) is 4.02. The number of aryl methyl sites for hydroxylation is 1. The van der Waals surface area contributed by atoms with Gasteiger partial charge in [0.1, 0.15) is 23.2 Å². The van der Waals surface area contributed by atoms with Gasteiger partial charge in [0.15, 0.2) is 5.82 Å². The number of fused-ring (bicyclic) bond motifs is 1. The van der Waals surface area contributed by atoms with Crippen LogP contribution in [0.2, 0.25) is 0 Å². The normalized spacial score (nSPS) is 16.8. The molecule has 3 aromatic heterocycles. The van der Waals surface area contributed by atoms with Crippen molar-refractivity contribution in [3.05, 3.63) is 24.3 Å². The van der Waals surface area contributed by atoms with Crippen molar-refractivity contribution in [3.8, 4) is 0 Å². The molecule has 32 heavy (non-hydrogen) atoms. The minimum Gasteiger partial charge on any atom is -0.380 e. The highest BCUT2D eigenvalue weighted by Crippen LogP contribution is 2.29. The summed E-state index contributed by atoms with van der Waals surface area (Å²) in [7, 11) is 0. The minimum absolute atomic E-state index is 0.404. The number of aromatic nitrogens is 6. The summed E-state index contributed by atoms with van der Waals surface area (Å²) < 4.78 is 7.53. The van der Waals surface area contributed by atoms with Crippen LogP contribution in [0.4, 0.5) is 17.6 Å². The first-order valence-corrected chi connectivity index (χ1v) is 11.5. The fraction of sp³-hybridized carbons (Fsp3) is 0.591. The summed E-state index contributed by atoms with van der Waals surface area (Å²) in [5.74, 6) is 2.64. The highest BCUT2D eigenvalue weighted by atomic mass is 16.5. The molecule has 1 saturated heterocycles. The lowest BCUT2D eigenvalue weighted by atomic mass is 10.0. The smallest absolute Gasteiger partial charge is 0.228 e. The van der Waals surface area contributed by atoms with Gasteiger partial charge in [0.25, 0.3) is 0 Å². The third kappa shape index (κ3) is 4.81. The third-order valence-corrected chi connectivity index (χ3v) is 5.75. The Morgan fingerprint density at radius 2 is 2.16 bits per heavy atom. The van der Waals surface area contributed by atoms with Crippen LogP contribution in [-0.2, 0) is 17.7 Å². The zero-order valence-corrected chi connectivity index (χ0v) is 19.4. The summed E-state index contributed by atoms with van der Waals surface area (Å²) in [5, 5.41) is 11.8. The van der Waals surface area contributed by atoms with Crippen molar-refractivity contribution in [2.45, 2.75) is 46.7 Å². The maximum absolute atomic E-state index is 5.58. The van der Waals surface area contributed by atoms with E-state index in [-0.39, 0.29) is 0 Å². The Labute approximate surface area is 188 Å². The van der Waals surface area contributed by atoms with E-state index in [1.807, 2.05) is 17.7 Å². The van der Waals surface area contributed by atoms with Gasteiger partial charge in [-0.1, -0.05) is 20.8 Å². The largest absolute Gasteiger partial charge is 0.380 e. The van der Waals surface area contributed by atoms with Crippen LogP contribution in [0.5, 0.6) is 0 Å². The van der Waals surface area contributed by atoms with Gasteiger partial charge in [-0.15, -0.1) is 0 Å². The van der Waals surface area contributed by atoms with Crippen LogP contribution in [0, 0.1) is 5.92 Å². The van der Waals surface area contributed by atoms with Crippen molar-refractivity contribution < 1.29 is 4.74 Å². The van der Waals surface area contributed by atoms with Gasteiger partial charge in [-0.05, 0) is 25.3 Å². The van der Waals surface area contributed by atoms with Gasteiger partial charge >= 0.3 is 0 Å². The van der Waals surface area contributed by atoms with Crippen LogP contribution < -0.4 is 15.5 Å².